The maximum atomic E-state index is 11.8. The summed E-state index contributed by atoms with van der Waals surface area (Å²) in [5, 5.41) is 10.6. The first-order chi connectivity index (χ1) is 11.8. The molecule has 0 aromatic heterocycles. The summed E-state index contributed by atoms with van der Waals surface area (Å²) < 4.78 is 0. The molecule has 0 aliphatic heterocycles. The molecule has 8 atom stereocenters. The number of aliphatic hydroxyl groups is 1. The topological polar surface area (TPSA) is 54.4 Å². The molecule has 0 saturated heterocycles. The van der Waals surface area contributed by atoms with Crippen molar-refractivity contribution < 1.29 is 14.7 Å². The summed E-state index contributed by atoms with van der Waals surface area (Å²) in [5.41, 5.74) is 1.60. The molecule has 0 heterocycles. The monoisotopic (exact) mass is 378 g/mol. The minimum atomic E-state index is -0.0991. The number of hydrogen-bond donors (Lipinski definition) is 1. The molecule has 3 nitrogen and oxygen atoms in total. The smallest absolute Gasteiger partial charge is 0.155 e. The SMILES string of the molecule is C.C.CC1CC2(C)C(O)CCC2C2C1C1CCC(=O)C=C1C[C@H]2C.CC=O. The molecule has 7 unspecified atom stereocenters. The zero-order valence-corrected chi connectivity index (χ0v) is 16.2. The minimum absolute atomic E-state index is 0. The average molecular weight is 379 g/mol. The molecule has 0 bridgehead atoms. The molecule has 1 N–H and O–H groups in total. The first-order valence-corrected chi connectivity index (χ1v) is 10.1. The largest absolute Gasteiger partial charge is 0.393 e. The number of allylic oxidation sites excluding steroid dienone is 1. The Hall–Kier alpha value is -0.960. The number of fused-ring (bicyclic) bond motifs is 5. The van der Waals surface area contributed by atoms with Gasteiger partial charge in [0.2, 0.25) is 0 Å². The lowest BCUT2D eigenvalue weighted by Crippen LogP contribution is -2.53. The molecule has 3 fully saturated rings. The molecule has 4 rings (SSSR count). The van der Waals surface area contributed by atoms with E-state index >= 15 is 0 Å². The van der Waals surface area contributed by atoms with Crippen molar-refractivity contribution in [2.75, 3.05) is 0 Å². The van der Waals surface area contributed by atoms with Crippen LogP contribution in [0.25, 0.3) is 0 Å². The molecule has 3 saturated carbocycles. The van der Waals surface area contributed by atoms with E-state index in [9.17, 15) is 9.90 Å². The Morgan fingerprint density at radius 1 is 1.11 bits per heavy atom. The second kappa shape index (κ2) is 9.03. The Morgan fingerprint density at radius 2 is 1.74 bits per heavy atom. The first kappa shape index (κ1) is 24.1. The molecule has 0 amide bonds. The van der Waals surface area contributed by atoms with E-state index < -0.39 is 0 Å². The van der Waals surface area contributed by atoms with Crippen LogP contribution in [0.1, 0.15) is 81.1 Å². The van der Waals surface area contributed by atoms with Gasteiger partial charge in [0.25, 0.3) is 0 Å². The Balaban J connectivity index is 0.000000686. The van der Waals surface area contributed by atoms with Crippen molar-refractivity contribution in [3.8, 4) is 0 Å². The van der Waals surface area contributed by atoms with Gasteiger partial charge in [0, 0.05) is 6.42 Å². The highest BCUT2D eigenvalue weighted by molar-refractivity contribution is 5.91. The van der Waals surface area contributed by atoms with Crippen LogP contribution in [-0.2, 0) is 9.59 Å². The lowest BCUT2D eigenvalue weighted by Gasteiger charge is -2.58. The molecular weight excluding hydrogens is 336 g/mol. The van der Waals surface area contributed by atoms with Gasteiger partial charge < -0.3 is 9.90 Å². The highest BCUT2D eigenvalue weighted by Crippen LogP contribution is 2.64. The predicted molar refractivity (Wildman–Crippen MR) is 112 cm³/mol. The van der Waals surface area contributed by atoms with E-state index in [1.807, 2.05) is 6.08 Å². The standard InChI is InChI=1S/C20H30O2.C2H4O.2CH4/c1-11-8-13-9-14(21)4-5-15(13)18-12(2)10-20(3)16(19(11)18)6-7-17(20)22;1-2-3;;/h9,11-12,15-19,22H,4-8,10H2,1-3H3;2H,1H3;2*1H4/t11-,12?,15?,16?,17?,18?,19?,20?;;;/m1.../s1. The van der Waals surface area contributed by atoms with Gasteiger partial charge in [-0.2, -0.15) is 0 Å². The van der Waals surface area contributed by atoms with E-state index in [-0.39, 0.29) is 26.4 Å². The summed E-state index contributed by atoms with van der Waals surface area (Å²) in [6, 6.07) is 0. The maximum absolute atomic E-state index is 11.8. The third-order valence-electron chi connectivity index (χ3n) is 7.89. The van der Waals surface area contributed by atoms with Crippen molar-refractivity contribution >= 4 is 12.1 Å². The summed E-state index contributed by atoms with van der Waals surface area (Å²) in [4.78, 5) is 20.6. The summed E-state index contributed by atoms with van der Waals surface area (Å²) in [6.45, 7) is 8.61. The normalized spacial score (nSPS) is 44.7. The van der Waals surface area contributed by atoms with Crippen molar-refractivity contribution in [3.05, 3.63) is 11.6 Å². The van der Waals surface area contributed by atoms with Gasteiger partial charge in [0.05, 0.1) is 6.10 Å². The minimum Gasteiger partial charge on any atom is -0.393 e. The van der Waals surface area contributed by atoms with Crippen molar-refractivity contribution in [2.24, 2.45) is 40.9 Å². The fourth-order valence-corrected chi connectivity index (χ4v) is 7.11. The predicted octanol–water partition coefficient (Wildman–Crippen LogP) is 5.46. The van der Waals surface area contributed by atoms with Crippen LogP contribution >= 0.6 is 0 Å². The summed E-state index contributed by atoms with van der Waals surface area (Å²) in [5.74, 6) is 4.52. The molecule has 0 aromatic rings. The van der Waals surface area contributed by atoms with Crippen LogP contribution in [0, 0.1) is 40.9 Å². The van der Waals surface area contributed by atoms with Crippen LogP contribution in [0.4, 0.5) is 0 Å². The molecule has 3 heteroatoms. The fourth-order valence-electron chi connectivity index (χ4n) is 7.11. The molecule has 0 radical (unpaired) electrons. The Bertz CT molecular complexity index is 566. The zero-order chi connectivity index (χ0) is 18.4. The Morgan fingerprint density at radius 3 is 2.37 bits per heavy atom. The van der Waals surface area contributed by atoms with Gasteiger partial charge in [0.1, 0.15) is 6.29 Å². The van der Waals surface area contributed by atoms with Crippen LogP contribution < -0.4 is 0 Å². The van der Waals surface area contributed by atoms with Gasteiger partial charge in [-0.3, -0.25) is 4.79 Å². The molecule has 0 aromatic carbocycles. The molecule has 156 valence electrons. The second-order valence-electron chi connectivity index (χ2n) is 9.29. The Kier molecular flexibility index (Phi) is 8.05. The van der Waals surface area contributed by atoms with Crippen molar-refractivity contribution in [3.63, 3.8) is 0 Å². The van der Waals surface area contributed by atoms with Crippen molar-refractivity contribution in [1.82, 2.24) is 0 Å². The number of ketones is 1. The number of aldehydes is 1. The molecule has 27 heavy (non-hydrogen) atoms. The van der Waals surface area contributed by atoms with E-state index in [0.29, 0.717) is 29.5 Å². The van der Waals surface area contributed by atoms with E-state index in [1.54, 1.807) is 0 Å². The summed E-state index contributed by atoms with van der Waals surface area (Å²) >= 11 is 0. The van der Waals surface area contributed by atoms with Crippen LogP contribution in [0.2, 0.25) is 0 Å². The van der Waals surface area contributed by atoms with Crippen LogP contribution in [0.3, 0.4) is 0 Å². The highest BCUT2D eigenvalue weighted by atomic mass is 16.3. The Labute approximate surface area is 167 Å². The number of carbonyl (C=O) groups is 2. The maximum Gasteiger partial charge on any atom is 0.155 e. The van der Waals surface area contributed by atoms with Gasteiger partial charge in [-0.1, -0.05) is 41.2 Å². The van der Waals surface area contributed by atoms with Gasteiger partial charge in [-0.15, -0.1) is 0 Å². The quantitative estimate of drug-likeness (QED) is 0.570. The number of hydrogen-bond acceptors (Lipinski definition) is 3. The molecular formula is C24H42O3. The van der Waals surface area contributed by atoms with Gasteiger partial charge in [0.15, 0.2) is 5.78 Å². The van der Waals surface area contributed by atoms with Gasteiger partial charge in [-0.05, 0) is 86.0 Å². The van der Waals surface area contributed by atoms with E-state index in [4.69, 9.17) is 4.79 Å². The van der Waals surface area contributed by atoms with Crippen molar-refractivity contribution in [2.45, 2.75) is 87.2 Å². The average Bonchev–Trinajstić information content (AvgIpc) is 2.82. The summed E-state index contributed by atoms with van der Waals surface area (Å²) in [6.07, 6.45) is 8.97. The second-order valence-corrected chi connectivity index (χ2v) is 9.29. The van der Waals surface area contributed by atoms with E-state index in [0.717, 1.165) is 43.8 Å². The van der Waals surface area contributed by atoms with E-state index in [1.165, 1.54) is 25.3 Å². The fraction of sp³-hybridized carbons (Fsp3) is 0.833. The highest BCUT2D eigenvalue weighted by Gasteiger charge is 2.59. The first-order valence-electron chi connectivity index (χ1n) is 10.1. The number of aliphatic hydroxyl groups excluding tert-OH is 1. The third kappa shape index (κ3) is 3.95. The lowest BCUT2D eigenvalue weighted by atomic mass is 9.47. The van der Waals surface area contributed by atoms with Crippen LogP contribution in [0.5, 0.6) is 0 Å². The summed E-state index contributed by atoms with van der Waals surface area (Å²) in [7, 11) is 0. The molecule has 4 aliphatic carbocycles. The molecule has 0 spiro atoms. The number of carbonyl (C=O) groups excluding carboxylic acids is 2. The third-order valence-corrected chi connectivity index (χ3v) is 7.89. The van der Waals surface area contributed by atoms with Gasteiger partial charge in [-0.25, -0.2) is 0 Å². The number of rotatable bonds is 0. The zero-order valence-electron chi connectivity index (χ0n) is 16.2. The van der Waals surface area contributed by atoms with Crippen LogP contribution in [0.15, 0.2) is 11.6 Å². The van der Waals surface area contributed by atoms with Crippen molar-refractivity contribution in [1.29, 1.82) is 0 Å². The lowest BCUT2D eigenvalue weighted by molar-refractivity contribution is -0.118. The molecule has 4 aliphatic rings. The van der Waals surface area contributed by atoms with Crippen LogP contribution in [-0.4, -0.2) is 23.3 Å². The van der Waals surface area contributed by atoms with Gasteiger partial charge >= 0.3 is 0 Å². The van der Waals surface area contributed by atoms with E-state index in [2.05, 4.69) is 20.8 Å².